The topological polar surface area (TPSA) is 76.8 Å². The summed E-state index contributed by atoms with van der Waals surface area (Å²) in [5.74, 6) is -0.0410. The second-order valence-corrected chi connectivity index (χ2v) is 1.70. The fourth-order valence-corrected chi connectivity index (χ4v) is 0.363. The number of nitrogens with two attached hydrogens (primary N) is 2. The van der Waals surface area contributed by atoms with Crippen molar-refractivity contribution in [3.8, 4) is 0 Å². The van der Waals surface area contributed by atoms with Gasteiger partial charge >= 0.3 is 0 Å². The molecule has 0 radical (unpaired) electrons. The zero-order valence-electron chi connectivity index (χ0n) is 6.84. The molecule has 0 unspecified atom stereocenters. The van der Waals surface area contributed by atoms with E-state index in [2.05, 4.69) is 10.2 Å². The number of halogens is 1. The lowest BCUT2D eigenvalue weighted by atomic mass is 10.4. The van der Waals surface area contributed by atoms with Crippen LogP contribution in [0.25, 0.3) is 0 Å². The quantitative estimate of drug-likeness (QED) is 0.298. The second-order valence-electron chi connectivity index (χ2n) is 1.70. The minimum absolute atomic E-state index is 0. The summed E-state index contributed by atoms with van der Waals surface area (Å²) in [6, 6.07) is 0. The molecule has 0 atom stereocenters. The molecule has 0 rings (SSSR count). The third-order valence-corrected chi connectivity index (χ3v) is 0.741. The van der Waals surface area contributed by atoms with E-state index in [1.807, 2.05) is 25.2 Å². The van der Waals surface area contributed by atoms with Crippen molar-refractivity contribution in [2.75, 3.05) is 0 Å². The highest BCUT2D eigenvalue weighted by Crippen LogP contribution is 1.74. The van der Waals surface area contributed by atoms with Crippen molar-refractivity contribution in [3.05, 3.63) is 24.3 Å². The van der Waals surface area contributed by atoms with Gasteiger partial charge in [0.15, 0.2) is 0 Å². The van der Waals surface area contributed by atoms with Gasteiger partial charge in [-0.25, -0.2) is 0 Å². The zero-order chi connectivity index (χ0) is 8.53. The molecular formula is C7H13ClN4. The average molecular weight is 189 g/mol. The summed E-state index contributed by atoms with van der Waals surface area (Å²) >= 11 is 0. The highest BCUT2D eigenvalue weighted by atomic mass is 35.5. The summed E-state index contributed by atoms with van der Waals surface area (Å²) < 4.78 is 0. The Morgan fingerprint density at radius 1 is 1.17 bits per heavy atom. The molecule has 5 heteroatoms. The number of guanidine groups is 1. The first-order valence-corrected chi connectivity index (χ1v) is 3.17. The van der Waals surface area contributed by atoms with Crippen LogP contribution >= 0.6 is 12.4 Å². The summed E-state index contributed by atoms with van der Waals surface area (Å²) in [5.41, 5.74) is 10.0. The Balaban J connectivity index is 0. The third kappa shape index (κ3) is 11.5. The van der Waals surface area contributed by atoms with E-state index in [9.17, 15) is 0 Å². The van der Waals surface area contributed by atoms with Gasteiger partial charge in [-0.2, -0.15) is 5.10 Å². The van der Waals surface area contributed by atoms with Gasteiger partial charge in [0.25, 0.3) is 0 Å². The number of hydrogen-bond donors (Lipinski definition) is 2. The van der Waals surface area contributed by atoms with Crippen LogP contribution in [0.2, 0.25) is 0 Å². The third-order valence-electron chi connectivity index (χ3n) is 0.741. The van der Waals surface area contributed by atoms with Crippen LogP contribution in [0.5, 0.6) is 0 Å². The van der Waals surface area contributed by atoms with E-state index in [0.29, 0.717) is 0 Å². The standard InChI is InChI=1S/C7H12N4.ClH/c1-2-3-4-5-6-10-11-7(8)9;/h2-6H,1H3,(H4,8,9,11);1H/b3-2+,5-4+,10-6+;. The molecule has 0 aromatic carbocycles. The first-order valence-electron chi connectivity index (χ1n) is 3.17. The van der Waals surface area contributed by atoms with Crippen LogP contribution in [0.1, 0.15) is 6.92 Å². The molecule has 0 bridgehead atoms. The molecule has 0 heterocycles. The van der Waals surface area contributed by atoms with Crippen LogP contribution in [0.15, 0.2) is 34.5 Å². The van der Waals surface area contributed by atoms with Crippen molar-refractivity contribution in [1.29, 1.82) is 0 Å². The molecule has 0 aromatic rings. The van der Waals surface area contributed by atoms with Crippen LogP contribution in [0.4, 0.5) is 0 Å². The van der Waals surface area contributed by atoms with Gasteiger partial charge in [0.05, 0.1) is 0 Å². The summed E-state index contributed by atoms with van der Waals surface area (Å²) in [6.45, 7) is 1.93. The van der Waals surface area contributed by atoms with Crippen molar-refractivity contribution < 1.29 is 0 Å². The van der Waals surface area contributed by atoms with Crippen LogP contribution in [-0.2, 0) is 0 Å². The maximum atomic E-state index is 5.01. The molecule has 0 amide bonds. The fourth-order valence-electron chi connectivity index (χ4n) is 0.363. The van der Waals surface area contributed by atoms with E-state index in [4.69, 9.17) is 11.5 Å². The van der Waals surface area contributed by atoms with Crippen LogP contribution in [-0.4, -0.2) is 12.2 Å². The molecule has 0 spiro atoms. The molecule has 0 saturated carbocycles. The Bertz CT molecular complexity index is 201. The van der Waals surface area contributed by atoms with Crippen LogP contribution < -0.4 is 11.5 Å². The maximum absolute atomic E-state index is 5.01. The van der Waals surface area contributed by atoms with Gasteiger partial charge in [-0.3, -0.25) is 0 Å². The Hall–Kier alpha value is -1.29. The van der Waals surface area contributed by atoms with E-state index in [0.717, 1.165) is 0 Å². The lowest BCUT2D eigenvalue weighted by Gasteiger charge is -1.80. The molecule has 0 saturated heterocycles. The Labute approximate surface area is 78.1 Å². The Kier molecular flexibility index (Phi) is 10.8. The normalized spacial score (nSPS) is 10.8. The molecule has 0 aromatic heterocycles. The molecule has 0 aliphatic heterocycles. The number of rotatable bonds is 3. The molecule has 4 nitrogen and oxygen atoms in total. The predicted molar refractivity (Wildman–Crippen MR) is 55.5 cm³/mol. The van der Waals surface area contributed by atoms with E-state index < -0.39 is 0 Å². The zero-order valence-corrected chi connectivity index (χ0v) is 7.66. The van der Waals surface area contributed by atoms with Gasteiger partial charge in [-0.05, 0) is 13.0 Å². The molecular weight excluding hydrogens is 176 g/mol. The second kappa shape index (κ2) is 9.71. The first kappa shape index (κ1) is 13.3. The first-order chi connectivity index (χ1) is 5.27. The van der Waals surface area contributed by atoms with Crippen molar-refractivity contribution in [2.45, 2.75) is 6.92 Å². The summed E-state index contributed by atoms with van der Waals surface area (Å²) in [7, 11) is 0. The molecule has 0 fully saturated rings. The Morgan fingerprint density at radius 2 is 1.83 bits per heavy atom. The number of allylic oxidation sites excluding steroid dienone is 4. The van der Waals surface area contributed by atoms with Crippen LogP contribution in [0, 0.1) is 0 Å². The molecule has 68 valence electrons. The van der Waals surface area contributed by atoms with Gasteiger partial charge in [0, 0.05) is 6.21 Å². The Morgan fingerprint density at radius 3 is 2.33 bits per heavy atom. The fraction of sp³-hybridized carbons (Fsp3) is 0.143. The number of nitrogens with zero attached hydrogens (tertiary/aromatic N) is 2. The minimum atomic E-state index is -0.0410. The lowest BCUT2D eigenvalue weighted by molar-refractivity contribution is 1.22. The molecule has 0 aliphatic rings. The number of hydrogen-bond acceptors (Lipinski definition) is 2. The van der Waals surface area contributed by atoms with Gasteiger partial charge in [0.1, 0.15) is 0 Å². The SMILES string of the molecule is C/C=C/C=C/C=N/N=C(N)N.Cl. The lowest BCUT2D eigenvalue weighted by Crippen LogP contribution is -2.21. The summed E-state index contributed by atoms with van der Waals surface area (Å²) in [4.78, 5) is 0. The molecule has 12 heavy (non-hydrogen) atoms. The summed E-state index contributed by atoms with van der Waals surface area (Å²) in [5, 5.41) is 6.92. The highest BCUT2D eigenvalue weighted by Gasteiger charge is 1.69. The monoisotopic (exact) mass is 188 g/mol. The van der Waals surface area contributed by atoms with Crippen LogP contribution in [0.3, 0.4) is 0 Å². The van der Waals surface area contributed by atoms with E-state index in [-0.39, 0.29) is 18.4 Å². The van der Waals surface area contributed by atoms with Crippen molar-refractivity contribution in [3.63, 3.8) is 0 Å². The smallest absolute Gasteiger partial charge is 0.211 e. The van der Waals surface area contributed by atoms with Gasteiger partial charge in [0.2, 0.25) is 5.96 Å². The largest absolute Gasteiger partial charge is 0.369 e. The maximum Gasteiger partial charge on any atom is 0.211 e. The van der Waals surface area contributed by atoms with E-state index >= 15 is 0 Å². The van der Waals surface area contributed by atoms with Crippen molar-refractivity contribution >= 4 is 24.6 Å². The molecule has 4 N–H and O–H groups in total. The minimum Gasteiger partial charge on any atom is -0.369 e. The van der Waals surface area contributed by atoms with Crippen molar-refractivity contribution in [2.24, 2.45) is 21.7 Å². The molecule has 0 aliphatic carbocycles. The predicted octanol–water partition coefficient (Wildman–Crippen LogP) is 0.800. The van der Waals surface area contributed by atoms with E-state index in [1.54, 1.807) is 6.08 Å². The average Bonchev–Trinajstić information content (AvgIpc) is 1.96. The summed E-state index contributed by atoms with van der Waals surface area (Å²) in [6.07, 6.45) is 8.84. The van der Waals surface area contributed by atoms with Crippen molar-refractivity contribution in [1.82, 2.24) is 0 Å². The van der Waals surface area contributed by atoms with Gasteiger partial charge < -0.3 is 11.5 Å². The highest BCUT2D eigenvalue weighted by molar-refractivity contribution is 5.85. The van der Waals surface area contributed by atoms with Gasteiger partial charge in [-0.1, -0.05) is 18.2 Å². The van der Waals surface area contributed by atoms with Gasteiger partial charge in [-0.15, -0.1) is 17.5 Å². The van der Waals surface area contributed by atoms with E-state index in [1.165, 1.54) is 6.21 Å².